The van der Waals surface area contributed by atoms with Crippen molar-refractivity contribution in [3.8, 4) is 12.1 Å². The lowest BCUT2D eigenvalue weighted by atomic mass is 10.1. The second-order valence-electron chi connectivity index (χ2n) is 3.76. The third-order valence-corrected chi connectivity index (χ3v) is 3.19. The summed E-state index contributed by atoms with van der Waals surface area (Å²) in [5.41, 5.74) is 1.35. The summed E-state index contributed by atoms with van der Waals surface area (Å²) >= 11 is 3.38. The van der Waals surface area contributed by atoms with Gasteiger partial charge < -0.3 is 4.74 Å². The van der Waals surface area contributed by atoms with Gasteiger partial charge in [-0.1, -0.05) is 22.0 Å². The van der Waals surface area contributed by atoms with Gasteiger partial charge in [-0.2, -0.15) is 10.5 Å². The van der Waals surface area contributed by atoms with Gasteiger partial charge in [0.25, 0.3) is 0 Å². The van der Waals surface area contributed by atoms with Gasteiger partial charge in [0.2, 0.25) is 0 Å². The van der Waals surface area contributed by atoms with Crippen LogP contribution in [0, 0.1) is 22.7 Å². The quantitative estimate of drug-likeness (QED) is 0.613. The predicted molar refractivity (Wildman–Crippen MR) is 72.0 cm³/mol. The molecule has 98 valence electrons. The number of halogens is 1. The zero-order chi connectivity index (χ0) is 14.3. The van der Waals surface area contributed by atoms with Crippen LogP contribution < -0.4 is 0 Å². The monoisotopic (exact) mass is 321 g/mol. The predicted octanol–water partition coefficient (Wildman–Crippen LogP) is 2.08. The molecule has 0 aliphatic rings. The van der Waals surface area contributed by atoms with Gasteiger partial charge in [0.05, 0.1) is 37.9 Å². The highest BCUT2D eigenvalue weighted by atomic mass is 79.9. The van der Waals surface area contributed by atoms with Gasteiger partial charge in [0, 0.05) is 11.0 Å². The highest BCUT2D eigenvalue weighted by molar-refractivity contribution is 9.10. The van der Waals surface area contributed by atoms with Crippen LogP contribution in [0.5, 0.6) is 0 Å². The lowest BCUT2D eigenvalue weighted by molar-refractivity contribution is 0.0600. The molecular weight excluding hydrogens is 310 g/mol. The van der Waals surface area contributed by atoms with Gasteiger partial charge in [0.15, 0.2) is 0 Å². The van der Waals surface area contributed by atoms with E-state index in [1.807, 2.05) is 12.1 Å². The van der Waals surface area contributed by atoms with Crippen molar-refractivity contribution in [2.24, 2.45) is 0 Å². The first kappa shape index (κ1) is 15.2. The minimum atomic E-state index is -0.404. The number of ether oxygens (including phenoxy) is 1. The van der Waals surface area contributed by atoms with E-state index < -0.39 is 5.97 Å². The smallest absolute Gasteiger partial charge is 0.337 e. The molecule has 6 heteroatoms. The average Bonchev–Trinajstić information content (AvgIpc) is 2.40. The molecule has 0 heterocycles. The van der Waals surface area contributed by atoms with Crippen LogP contribution in [0.2, 0.25) is 0 Å². The summed E-state index contributed by atoms with van der Waals surface area (Å²) in [4.78, 5) is 13.1. The Kier molecular flexibility index (Phi) is 6.01. The third kappa shape index (κ3) is 4.36. The van der Waals surface area contributed by atoms with Crippen molar-refractivity contribution in [3.63, 3.8) is 0 Å². The fourth-order valence-electron chi connectivity index (χ4n) is 1.53. The Balaban J connectivity index is 2.88. The molecule has 0 aliphatic heterocycles. The number of methoxy groups -OCH3 is 1. The summed E-state index contributed by atoms with van der Waals surface area (Å²) in [6.07, 6.45) is 0. The summed E-state index contributed by atoms with van der Waals surface area (Å²) in [6, 6.07) is 9.13. The molecule has 0 fully saturated rings. The summed E-state index contributed by atoms with van der Waals surface area (Å²) in [6.45, 7) is 0.820. The van der Waals surface area contributed by atoms with Crippen molar-refractivity contribution in [2.75, 3.05) is 20.2 Å². The first-order valence-corrected chi connectivity index (χ1v) is 6.24. The number of benzene rings is 1. The fourth-order valence-corrected chi connectivity index (χ4v) is 2.03. The van der Waals surface area contributed by atoms with E-state index >= 15 is 0 Å². The average molecular weight is 322 g/mol. The molecule has 0 aromatic heterocycles. The third-order valence-electron chi connectivity index (χ3n) is 2.46. The molecule has 0 amide bonds. The number of nitrogens with zero attached hydrogens (tertiary/aromatic N) is 3. The Bertz CT molecular complexity index is 530. The fraction of sp³-hybridized carbons (Fsp3) is 0.308. The van der Waals surface area contributed by atoms with Crippen LogP contribution in [0.15, 0.2) is 22.7 Å². The lowest BCUT2D eigenvalue weighted by Gasteiger charge is -2.16. The van der Waals surface area contributed by atoms with E-state index in [1.165, 1.54) is 7.11 Å². The number of hydrogen-bond acceptors (Lipinski definition) is 5. The summed E-state index contributed by atoms with van der Waals surface area (Å²) in [5.74, 6) is -0.404. The largest absolute Gasteiger partial charge is 0.465 e. The van der Waals surface area contributed by atoms with Gasteiger partial charge in [-0.3, -0.25) is 4.90 Å². The summed E-state index contributed by atoms with van der Waals surface area (Å²) in [7, 11) is 1.33. The van der Waals surface area contributed by atoms with Crippen LogP contribution >= 0.6 is 15.9 Å². The molecule has 0 spiro atoms. The molecular formula is C13H12BrN3O2. The van der Waals surface area contributed by atoms with Crippen LogP contribution in [0.3, 0.4) is 0 Å². The van der Waals surface area contributed by atoms with Crippen LogP contribution in [0.1, 0.15) is 15.9 Å². The number of hydrogen-bond donors (Lipinski definition) is 0. The van der Waals surface area contributed by atoms with Crippen molar-refractivity contribution in [1.29, 1.82) is 10.5 Å². The maximum atomic E-state index is 11.4. The molecule has 1 aromatic rings. The SMILES string of the molecule is COC(=O)c1ccc(CN(CC#N)CC#N)c(Br)c1. The Morgan fingerprint density at radius 3 is 2.47 bits per heavy atom. The topological polar surface area (TPSA) is 77.1 Å². The van der Waals surface area contributed by atoms with E-state index in [1.54, 1.807) is 23.1 Å². The number of nitriles is 2. The van der Waals surface area contributed by atoms with E-state index in [-0.39, 0.29) is 13.1 Å². The normalized spacial score (nSPS) is 9.74. The van der Waals surface area contributed by atoms with E-state index in [9.17, 15) is 4.79 Å². The number of carbonyl (C=O) groups excluding carboxylic acids is 1. The van der Waals surface area contributed by atoms with Crippen LogP contribution in [0.4, 0.5) is 0 Å². The van der Waals surface area contributed by atoms with Gasteiger partial charge in [-0.15, -0.1) is 0 Å². The summed E-state index contributed by atoms with van der Waals surface area (Å²) < 4.78 is 5.38. The molecule has 19 heavy (non-hydrogen) atoms. The molecule has 1 aromatic carbocycles. The molecule has 5 nitrogen and oxygen atoms in total. The first-order valence-electron chi connectivity index (χ1n) is 5.45. The maximum Gasteiger partial charge on any atom is 0.337 e. The molecule has 0 saturated heterocycles. The zero-order valence-corrected chi connectivity index (χ0v) is 12.0. The van der Waals surface area contributed by atoms with E-state index in [0.29, 0.717) is 12.1 Å². The Morgan fingerprint density at radius 1 is 1.37 bits per heavy atom. The van der Waals surface area contributed by atoms with Crippen molar-refractivity contribution >= 4 is 21.9 Å². The van der Waals surface area contributed by atoms with E-state index in [0.717, 1.165) is 10.0 Å². The maximum absolute atomic E-state index is 11.4. The molecule has 0 radical (unpaired) electrons. The highest BCUT2D eigenvalue weighted by Gasteiger charge is 2.11. The van der Waals surface area contributed by atoms with E-state index in [2.05, 4.69) is 20.7 Å². The second kappa shape index (κ2) is 7.52. The van der Waals surface area contributed by atoms with Crippen molar-refractivity contribution in [1.82, 2.24) is 4.90 Å². The molecule has 0 aliphatic carbocycles. The van der Waals surface area contributed by atoms with Gasteiger partial charge in [-0.05, 0) is 17.7 Å². The minimum absolute atomic E-state index is 0.179. The standard InChI is InChI=1S/C13H12BrN3O2/c1-19-13(18)10-2-3-11(12(14)8-10)9-17(6-4-15)7-5-16/h2-3,8H,6-7,9H2,1H3. The Hall–Kier alpha value is -1.89. The number of esters is 1. The molecule has 0 N–H and O–H groups in total. The van der Waals surface area contributed by atoms with Crippen LogP contribution in [0.25, 0.3) is 0 Å². The van der Waals surface area contributed by atoms with Crippen LogP contribution in [-0.2, 0) is 11.3 Å². The van der Waals surface area contributed by atoms with Crippen molar-refractivity contribution in [2.45, 2.75) is 6.54 Å². The van der Waals surface area contributed by atoms with Gasteiger partial charge in [-0.25, -0.2) is 4.79 Å². The zero-order valence-electron chi connectivity index (χ0n) is 10.4. The molecule has 0 atom stereocenters. The summed E-state index contributed by atoms with van der Waals surface area (Å²) in [5, 5.41) is 17.4. The molecule has 0 bridgehead atoms. The number of carbonyl (C=O) groups is 1. The lowest BCUT2D eigenvalue weighted by Crippen LogP contribution is -2.24. The van der Waals surface area contributed by atoms with E-state index in [4.69, 9.17) is 10.5 Å². The van der Waals surface area contributed by atoms with Gasteiger partial charge >= 0.3 is 5.97 Å². The number of rotatable bonds is 5. The highest BCUT2D eigenvalue weighted by Crippen LogP contribution is 2.20. The van der Waals surface area contributed by atoms with Crippen LogP contribution in [-0.4, -0.2) is 31.1 Å². The van der Waals surface area contributed by atoms with Gasteiger partial charge in [0.1, 0.15) is 0 Å². The van der Waals surface area contributed by atoms with Crippen molar-refractivity contribution < 1.29 is 9.53 Å². The minimum Gasteiger partial charge on any atom is -0.465 e. The molecule has 0 saturated carbocycles. The van der Waals surface area contributed by atoms with Crippen molar-refractivity contribution in [3.05, 3.63) is 33.8 Å². The first-order chi connectivity index (χ1) is 9.12. The Morgan fingerprint density at radius 2 is 2.00 bits per heavy atom. The second-order valence-corrected chi connectivity index (χ2v) is 4.61. The molecule has 1 rings (SSSR count). The molecule has 0 unspecified atom stereocenters. The Labute approximate surface area is 120 Å².